The molecule has 0 radical (unpaired) electrons. The maximum absolute atomic E-state index is 14.3. The lowest BCUT2D eigenvalue weighted by molar-refractivity contribution is -0.113. The molecule has 2 aromatic carbocycles. The van der Waals surface area contributed by atoms with Crippen LogP contribution in [0.15, 0.2) is 59.8 Å². The molecule has 0 aromatic heterocycles. The summed E-state index contributed by atoms with van der Waals surface area (Å²) in [5.74, 6) is -0.0605. The lowest BCUT2D eigenvalue weighted by Crippen LogP contribution is -2.46. The lowest BCUT2D eigenvalue weighted by Gasteiger charge is -2.30. The van der Waals surface area contributed by atoms with Gasteiger partial charge in [0.2, 0.25) is 0 Å². The van der Waals surface area contributed by atoms with Crippen molar-refractivity contribution in [3.05, 3.63) is 71.2 Å². The molecule has 3 N–H and O–H groups in total. The summed E-state index contributed by atoms with van der Waals surface area (Å²) in [4.78, 5) is 12.9. The fraction of sp³-hybridized carbons (Fsp3) is 0.158. The van der Waals surface area contributed by atoms with Crippen LogP contribution >= 0.6 is 12.2 Å². The Bertz CT molecular complexity index is 881. The number of nitrogens with one attached hydrogen (secondary N) is 3. The van der Waals surface area contributed by atoms with Crippen LogP contribution in [-0.2, 0) is 4.79 Å². The second-order valence-corrected chi connectivity index (χ2v) is 6.18. The van der Waals surface area contributed by atoms with Crippen LogP contribution in [0.1, 0.15) is 18.5 Å². The first-order valence-corrected chi connectivity index (χ1v) is 8.38. The van der Waals surface area contributed by atoms with Gasteiger partial charge in [0.05, 0.1) is 18.7 Å². The van der Waals surface area contributed by atoms with Crippen molar-refractivity contribution in [2.75, 3.05) is 12.4 Å². The molecule has 5 nitrogen and oxygen atoms in total. The average Bonchev–Trinajstić information content (AvgIpc) is 2.62. The van der Waals surface area contributed by atoms with Crippen LogP contribution in [0.25, 0.3) is 0 Å². The molecule has 0 spiro atoms. The van der Waals surface area contributed by atoms with Gasteiger partial charge in [-0.05, 0) is 49.5 Å². The first-order chi connectivity index (χ1) is 12.5. The van der Waals surface area contributed by atoms with Crippen LogP contribution in [-0.4, -0.2) is 18.1 Å². The number of rotatable bonds is 4. The van der Waals surface area contributed by atoms with Crippen molar-refractivity contribution in [2.24, 2.45) is 0 Å². The van der Waals surface area contributed by atoms with Crippen molar-refractivity contribution in [1.29, 1.82) is 0 Å². The van der Waals surface area contributed by atoms with Gasteiger partial charge >= 0.3 is 0 Å². The van der Waals surface area contributed by atoms with Crippen molar-refractivity contribution in [3.8, 4) is 5.75 Å². The minimum absolute atomic E-state index is 0.344. The maximum Gasteiger partial charge on any atom is 0.255 e. The molecule has 0 saturated carbocycles. The largest absolute Gasteiger partial charge is 0.497 e. The number of halogens is 1. The molecule has 1 aliphatic heterocycles. The molecule has 1 unspecified atom stereocenters. The molecule has 2 aromatic rings. The second kappa shape index (κ2) is 7.53. The molecule has 0 bridgehead atoms. The number of allylic oxidation sites excluding steroid dienone is 1. The number of hydrogen-bond acceptors (Lipinski definition) is 3. The molecular formula is C19H18FN3O2S. The summed E-state index contributed by atoms with van der Waals surface area (Å²) in [5.41, 5.74) is 1.92. The lowest BCUT2D eigenvalue weighted by atomic mass is 9.94. The summed E-state index contributed by atoms with van der Waals surface area (Å²) in [6.07, 6.45) is 0. The van der Waals surface area contributed by atoms with Gasteiger partial charge < -0.3 is 20.7 Å². The predicted octanol–water partition coefficient (Wildman–Crippen LogP) is 3.27. The number of benzene rings is 2. The normalized spacial score (nSPS) is 16.6. The van der Waals surface area contributed by atoms with Gasteiger partial charge in [0.1, 0.15) is 11.6 Å². The number of anilines is 1. The molecular weight excluding hydrogens is 353 g/mol. The van der Waals surface area contributed by atoms with Gasteiger partial charge in [-0.2, -0.15) is 0 Å². The molecule has 26 heavy (non-hydrogen) atoms. The predicted molar refractivity (Wildman–Crippen MR) is 102 cm³/mol. The Balaban J connectivity index is 1.93. The Hall–Kier alpha value is -2.93. The first kappa shape index (κ1) is 17.9. The molecule has 1 atom stereocenters. The van der Waals surface area contributed by atoms with Crippen LogP contribution in [0, 0.1) is 5.82 Å². The standard InChI is InChI=1S/C19H18FN3O2S/c1-11-16(18(24)22-12-7-9-13(25-2)10-8-12)17(23-19(26)21-11)14-5-3-4-6-15(14)20/h3-10,17H,1-2H3,(H,22,24)(H2,21,23,26). The molecule has 134 valence electrons. The van der Waals surface area contributed by atoms with Gasteiger partial charge in [-0.25, -0.2) is 4.39 Å². The molecule has 1 heterocycles. The van der Waals surface area contributed by atoms with Crippen LogP contribution in [0.4, 0.5) is 10.1 Å². The minimum atomic E-state index is -0.678. The summed E-state index contributed by atoms with van der Waals surface area (Å²) >= 11 is 5.18. The highest BCUT2D eigenvalue weighted by Crippen LogP contribution is 2.29. The fourth-order valence-electron chi connectivity index (χ4n) is 2.81. The van der Waals surface area contributed by atoms with Gasteiger partial charge in [-0.15, -0.1) is 0 Å². The Morgan fingerprint density at radius 1 is 1.19 bits per heavy atom. The zero-order valence-corrected chi connectivity index (χ0v) is 15.1. The summed E-state index contributed by atoms with van der Waals surface area (Å²) in [5, 5.41) is 9.08. The van der Waals surface area contributed by atoms with Gasteiger partial charge in [-0.1, -0.05) is 18.2 Å². The van der Waals surface area contributed by atoms with E-state index in [2.05, 4.69) is 16.0 Å². The second-order valence-electron chi connectivity index (χ2n) is 5.77. The van der Waals surface area contributed by atoms with Crippen molar-refractivity contribution < 1.29 is 13.9 Å². The summed E-state index contributed by atoms with van der Waals surface area (Å²) < 4.78 is 19.4. The summed E-state index contributed by atoms with van der Waals surface area (Å²) in [6.45, 7) is 1.74. The van der Waals surface area contributed by atoms with E-state index >= 15 is 0 Å². The molecule has 7 heteroatoms. The summed E-state index contributed by atoms with van der Waals surface area (Å²) in [6, 6.07) is 12.6. The number of ether oxygens (including phenoxy) is 1. The van der Waals surface area contributed by atoms with E-state index in [1.165, 1.54) is 6.07 Å². The third-order valence-corrected chi connectivity index (χ3v) is 4.30. The van der Waals surface area contributed by atoms with Crippen LogP contribution in [0.3, 0.4) is 0 Å². The Morgan fingerprint density at radius 2 is 1.88 bits per heavy atom. The minimum Gasteiger partial charge on any atom is -0.497 e. The number of carbonyl (C=O) groups is 1. The molecule has 1 aliphatic rings. The van der Waals surface area contributed by atoms with Crippen molar-refractivity contribution in [1.82, 2.24) is 10.6 Å². The van der Waals surface area contributed by atoms with E-state index in [-0.39, 0.29) is 5.91 Å². The highest BCUT2D eigenvalue weighted by atomic mass is 32.1. The van der Waals surface area contributed by atoms with Gasteiger partial charge in [0.25, 0.3) is 5.91 Å². The topological polar surface area (TPSA) is 62.4 Å². The van der Waals surface area contributed by atoms with E-state index < -0.39 is 11.9 Å². The van der Waals surface area contributed by atoms with Crippen LogP contribution in [0.2, 0.25) is 0 Å². The van der Waals surface area contributed by atoms with E-state index in [1.54, 1.807) is 56.5 Å². The third kappa shape index (κ3) is 3.67. The zero-order chi connectivity index (χ0) is 18.7. The highest BCUT2D eigenvalue weighted by molar-refractivity contribution is 7.80. The Morgan fingerprint density at radius 3 is 2.54 bits per heavy atom. The Labute approximate surface area is 156 Å². The monoisotopic (exact) mass is 371 g/mol. The average molecular weight is 371 g/mol. The van der Waals surface area contributed by atoms with Crippen molar-refractivity contribution in [3.63, 3.8) is 0 Å². The third-order valence-electron chi connectivity index (χ3n) is 4.08. The van der Waals surface area contributed by atoms with E-state index in [4.69, 9.17) is 17.0 Å². The fourth-order valence-corrected chi connectivity index (χ4v) is 3.08. The molecule has 0 aliphatic carbocycles. The highest BCUT2D eigenvalue weighted by Gasteiger charge is 2.31. The van der Waals surface area contributed by atoms with Crippen LogP contribution in [0.5, 0.6) is 5.75 Å². The zero-order valence-electron chi connectivity index (χ0n) is 14.3. The smallest absolute Gasteiger partial charge is 0.255 e. The summed E-state index contributed by atoms with van der Waals surface area (Å²) in [7, 11) is 1.57. The number of methoxy groups -OCH3 is 1. The SMILES string of the molecule is COc1ccc(NC(=O)C2=C(C)NC(=S)NC2c2ccccc2F)cc1. The van der Waals surface area contributed by atoms with E-state index in [0.29, 0.717) is 33.4 Å². The van der Waals surface area contributed by atoms with Crippen LogP contribution < -0.4 is 20.7 Å². The molecule has 0 saturated heterocycles. The van der Waals surface area contributed by atoms with Gasteiger partial charge in [0, 0.05) is 16.9 Å². The van der Waals surface area contributed by atoms with E-state index in [9.17, 15) is 9.18 Å². The number of thiocarbonyl (C=S) groups is 1. The molecule has 1 amide bonds. The van der Waals surface area contributed by atoms with Gasteiger partial charge in [-0.3, -0.25) is 4.79 Å². The van der Waals surface area contributed by atoms with E-state index in [1.807, 2.05) is 0 Å². The maximum atomic E-state index is 14.3. The van der Waals surface area contributed by atoms with Crippen molar-refractivity contribution in [2.45, 2.75) is 13.0 Å². The van der Waals surface area contributed by atoms with Crippen molar-refractivity contribution >= 4 is 28.9 Å². The number of hydrogen-bond donors (Lipinski definition) is 3. The van der Waals surface area contributed by atoms with E-state index in [0.717, 1.165) is 0 Å². The number of amides is 1. The molecule has 3 rings (SSSR count). The Kier molecular flexibility index (Phi) is 5.18. The first-order valence-electron chi connectivity index (χ1n) is 7.97. The van der Waals surface area contributed by atoms with Gasteiger partial charge in [0.15, 0.2) is 5.11 Å². The molecule has 0 fully saturated rings. The quantitative estimate of drug-likeness (QED) is 0.720. The number of carbonyl (C=O) groups excluding carboxylic acids is 1.